The van der Waals surface area contributed by atoms with Crippen molar-refractivity contribution >= 4 is 17.6 Å². The summed E-state index contributed by atoms with van der Waals surface area (Å²) in [5.74, 6) is 0.747. The number of rotatable bonds is 5. The Hall–Kier alpha value is -2.80. The fraction of sp³-hybridized carbons (Fsp3) is 0.400. The average molecular weight is 365 g/mol. The smallest absolute Gasteiger partial charge is 0.247 e. The van der Waals surface area contributed by atoms with Gasteiger partial charge in [0.15, 0.2) is 0 Å². The molecule has 0 bridgehead atoms. The molecule has 2 saturated heterocycles. The first kappa shape index (κ1) is 17.6. The Morgan fingerprint density at radius 2 is 1.78 bits per heavy atom. The first-order valence-corrected chi connectivity index (χ1v) is 9.35. The third-order valence-electron chi connectivity index (χ3n) is 5.32. The van der Waals surface area contributed by atoms with Crippen molar-refractivity contribution in [1.82, 2.24) is 19.8 Å². The third kappa shape index (κ3) is 3.83. The summed E-state index contributed by atoms with van der Waals surface area (Å²) >= 11 is 0. The van der Waals surface area contributed by atoms with Crippen LogP contribution in [0.1, 0.15) is 12.0 Å². The van der Waals surface area contributed by atoms with E-state index >= 15 is 0 Å². The van der Waals surface area contributed by atoms with Gasteiger partial charge in [-0.05, 0) is 12.0 Å². The van der Waals surface area contributed by atoms with Gasteiger partial charge < -0.3 is 4.90 Å². The van der Waals surface area contributed by atoms with Crippen molar-refractivity contribution in [2.75, 3.05) is 37.6 Å². The molecule has 4 rings (SSSR count). The molecule has 0 saturated carbocycles. The Morgan fingerprint density at radius 1 is 1.00 bits per heavy atom. The third-order valence-corrected chi connectivity index (χ3v) is 5.32. The average Bonchev–Trinajstić information content (AvgIpc) is 3.01. The van der Waals surface area contributed by atoms with E-state index in [9.17, 15) is 9.59 Å². The molecule has 2 aromatic rings. The van der Waals surface area contributed by atoms with E-state index in [1.807, 2.05) is 30.3 Å². The van der Waals surface area contributed by atoms with Crippen molar-refractivity contribution in [2.45, 2.75) is 18.9 Å². The minimum atomic E-state index is -0.322. The van der Waals surface area contributed by atoms with Crippen LogP contribution in [-0.4, -0.2) is 70.3 Å². The van der Waals surface area contributed by atoms with E-state index in [1.54, 1.807) is 18.6 Å². The second kappa shape index (κ2) is 7.84. The van der Waals surface area contributed by atoms with Gasteiger partial charge in [-0.3, -0.25) is 24.4 Å². The number of amides is 2. The lowest BCUT2D eigenvalue weighted by Crippen LogP contribution is -2.52. The summed E-state index contributed by atoms with van der Waals surface area (Å²) in [5.41, 5.74) is 1.14. The molecule has 2 fully saturated rings. The van der Waals surface area contributed by atoms with Gasteiger partial charge in [-0.15, -0.1) is 0 Å². The fourth-order valence-electron chi connectivity index (χ4n) is 3.79. The summed E-state index contributed by atoms with van der Waals surface area (Å²) in [5, 5.41) is 0. The molecule has 0 unspecified atom stereocenters. The molecule has 2 aliphatic heterocycles. The van der Waals surface area contributed by atoms with Gasteiger partial charge in [0.25, 0.3) is 0 Å². The maximum atomic E-state index is 12.8. The largest absolute Gasteiger partial charge is 0.353 e. The number of piperazine rings is 1. The van der Waals surface area contributed by atoms with Gasteiger partial charge in [-0.25, -0.2) is 4.98 Å². The highest BCUT2D eigenvalue weighted by molar-refractivity contribution is 6.05. The predicted molar refractivity (Wildman–Crippen MR) is 101 cm³/mol. The lowest BCUT2D eigenvalue weighted by atomic mass is 10.1. The fourth-order valence-corrected chi connectivity index (χ4v) is 3.79. The molecule has 7 nitrogen and oxygen atoms in total. The van der Waals surface area contributed by atoms with Crippen LogP contribution in [0.15, 0.2) is 48.9 Å². The van der Waals surface area contributed by atoms with Crippen LogP contribution in [0.25, 0.3) is 0 Å². The van der Waals surface area contributed by atoms with Gasteiger partial charge in [0.05, 0.1) is 18.7 Å². The number of anilines is 1. The van der Waals surface area contributed by atoms with Crippen LogP contribution in [0.5, 0.6) is 0 Å². The highest BCUT2D eigenvalue weighted by Gasteiger charge is 2.42. The van der Waals surface area contributed by atoms with Crippen LogP contribution < -0.4 is 4.90 Å². The lowest BCUT2D eigenvalue weighted by molar-refractivity contribution is -0.139. The second-order valence-corrected chi connectivity index (χ2v) is 6.93. The van der Waals surface area contributed by atoms with Crippen molar-refractivity contribution in [3.63, 3.8) is 0 Å². The Balaban J connectivity index is 1.34. The minimum Gasteiger partial charge on any atom is -0.353 e. The van der Waals surface area contributed by atoms with Gasteiger partial charge in [-0.2, -0.15) is 0 Å². The maximum absolute atomic E-state index is 12.8. The summed E-state index contributed by atoms with van der Waals surface area (Å²) in [6.45, 7) is 3.50. The Bertz CT molecular complexity index is 791. The van der Waals surface area contributed by atoms with E-state index in [-0.39, 0.29) is 17.9 Å². The van der Waals surface area contributed by atoms with Crippen LogP contribution in [0, 0.1) is 0 Å². The normalized spacial score (nSPS) is 21.1. The van der Waals surface area contributed by atoms with Gasteiger partial charge in [0, 0.05) is 45.1 Å². The zero-order valence-electron chi connectivity index (χ0n) is 15.2. The first-order valence-electron chi connectivity index (χ1n) is 9.35. The topological polar surface area (TPSA) is 69.6 Å². The lowest BCUT2D eigenvalue weighted by Gasteiger charge is -2.37. The zero-order chi connectivity index (χ0) is 18.6. The summed E-state index contributed by atoms with van der Waals surface area (Å²) < 4.78 is 0. The maximum Gasteiger partial charge on any atom is 0.247 e. The molecule has 2 aliphatic rings. The van der Waals surface area contributed by atoms with E-state index in [0.29, 0.717) is 19.4 Å². The number of hydrogen-bond acceptors (Lipinski definition) is 6. The highest BCUT2D eigenvalue weighted by Crippen LogP contribution is 2.22. The molecule has 0 spiro atoms. The molecular weight excluding hydrogens is 342 g/mol. The summed E-state index contributed by atoms with van der Waals surface area (Å²) in [6.07, 6.45) is 6.09. The molecule has 140 valence electrons. The number of nitrogens with zero attached hydrogens (tertiary/aromatic N) is 5. The van der Waals surface area contributed by atoms with E-state index in [1.165, 1.54) is 4.90 Å². The molecule has 3 heterocycles. The standard InChI is InChI=1S/C20H23N5O2/c26-19-14-17(20(27)25(19)9-6-16-4-2-1-3-5-16)23-10-12-24(13-11-23)18-15-21-7-8-22-18/h1-5,7-8,15,17H,6,9-14H2/t17-/m0/s1. The second-order valence-electron chi connectivity index (χ2n) is 6.93. The highest BCUT2D eigenvalue weighted by atomic mass is 16.2. The predicted octanol–water partition coefficient (Wildman–Crippen LogP) is 0.969. The van der Waals surface area contributed by atoms with Crippen LogP contribution in [0.3, 0.4) is 0 Å². The molecule has 1 aromatic heterocycles. The Labute approximate surface area is 158 Å². The van der Waals surface area contributed by atoms with Gasteiger partial charge in [0.2, 0.25) is 11.8 Å². The molecule has 2 amide bonds. The minimum absolute atomic E-state index is 0.0520. The van der Waals surface area contributed by atoms with Gasteiger partial charge in [-0.1, -0.05) is 30.3 Å². The SMILES string of the molecule is O=C1C[C@H](N2CCN(c3cnccn3)CC2)C(=O)N1CCc1ccccc1. The number of hydrogen-bond donors (Lipinski definition) is 0. The molecule has 1 aromatic carbocycles. The number of carbonyl (C=O) groups excluding carboxylic acids is 2. The van der Waals surface area contributed by atoms with Crippen LogP contribution in [0.2, 0.25) is 0 Å². The van der Waals surface area contributed by atoms with Gasteiger partial charge >= 0.3 is 0 Å². The van der Waals surface area contributed by atoms with Crippen LogP contribution in [-0.2, 0) is 16.0 Å². The molecule has 1 atom stereocenters. The van der Waals surface area contributed by atoms with Crippen molar-refractivity contribution in [3.05, 3.63) is 54.5 Å². The van der Waals surface area contributed by atoms with Crippen molar-refractivity contribution in [1.29, 1.82) is 0 Å². The van der Waals surface area contributed by atoms with Gasteiger partial charge in [0.1, 0.15) is 5.82 Å². The van der Waals surface area contributed by atoms with E-state index in [2.05, 4.69) is 19.8 Å². The van der Waals surface area contributed by atoms with E-state index in [0.717, 1.165) is 37.6 Å². The first-order chi connectivity index (χ1) is 13.2. The summed E-state index contributed by atoms with van der Waals surface area (Å²) in [4.78, 5) is 39.4. The number of carbonyl (C=O) groups is 2. The molecule has 27 heavy (non-hydrogen) atoms. The molecule has 0 N–H and O–H groups in total. The quantitative estimate of drug-likeness (QED) is 0.736. The monoisotopic (exact) mass is 365 g/mol. The summed E-state index contributed by atoms with van der Waals surface area (Å²) in [7, 11) is 0. The number of aromatic nitrogens is 2. The molecule has 0 aliphatic carbocycles. The number of imide groups is 1. The van der Waals surface area contributed by atoms with Crippen molar-refractivity contribution in [2.24, 2.45) is 0 Å². The number of benzene rings is 1. The van der Waals surface area contributed by atoms with E-state index in [4.69, 9.17) is 0 Å². The molecule has 7 heteroatoms. The Kier molecular flexibility index (Phi) is 5.11. The molecule has 0 radical (unpaired) electrons. The summed E-state index contributed by atoms with van der Waals surface area (Å²) in [6, 6.07) is 9.64. The van der Waals surface area contributed by atoms with E-state index < -0.39 is 0 Å². The molecular formula is C20H23N5O2. The van der Waals surface area contributed by atoms with Crippen LogP contribution in [0.4, 0.5) is 5.82 Å². The Morgan fingerprint density at radius 3 is 2.48 bits per heavy atom. The van der Waals surface area contributed by atoms with Crippen LogP contribution >= 0.6 is 0 Å². The van der Waals surface area contributed by atoms with Crippen molar-refractivity contribution in [3.8, 4) is 0 Å². The van der Waals surface area contributed by atoms with Crippen molar-refractivity contribution < 1.29 is 9.59 Å². The number of likely N-dealkylation sites (tertiary alicyclic amines) is 1. The zero-order valence-corrected chi connectivity index (χ0v) is 15.2.